The van der Waals surface area contributed by atoms with Crippen molar-refractivity contribution in [2.75, 3.05) is 0 Å². The second kappa shape index (κ2) is 5.01. The fourth-order valence-corrected chi connectivity index (χ4v) is 1.57. The maximum Gasteiger partial charge on any atom is 0.165 e. The van der Waals surface area contributed by atoms with Gasteiger partial charge in [-0.2, -0.15) is 0 Å². The minimum Gasteiger partial charge on any atom is -0.482 e. The smallest absolute Gasteiger partial charge is 0.165 e. The van der Waals surface area contributed by atoms with Gasteiger partial charge in [-0.3, -0.25) is 0 Å². The summed E-state index contributed by atoms with van der Waals surface area (Å²) in [5, 5.41) is 0. The van der Waals surface area contributed by atoms with Gasteiger partial charge in [0.15, 0.2) is 11.6 Å². The van der Waals surface area contributed by atoms with Crippen molar-refractivity contribution in [3.63, 3.8) is 0 Å². The number of hydrogen-bond acceptors (Lipinski definition) is 3. The Balaban J connectivity index is 2.19. The third-order valence-electron chi connectivity index (χ3n) is 2.43. The van der Waals surface area contributed by atoms with E-state index in [9.17, 15) is 4.39 Å². The molecule has 2 N–H and O–H groups in total. The first-order valence-electron chi connectivity index (χ1n) is 5.37. The molecular formula is C13H14FNO2. The number of para-hydroxylation sites is 1. The standard InChI is InChI=1S/C13H14FNO2/c1-9(15)11-5-2-6-12(14)13(11)17-8-10-4-3-7-16-10/h2-7,9H,8,15H2,1H3. The molecule has 90 valence electrons. The van der Waals surface area contributed by atoms with E-state index in [2.05, 4.69) is 0 Å². The average molecular weight is 235 g/mol. The summed E-state index contributed by atoms with van der Waals surface area (Å²) in [5.41, 5.74) is 6.41. The zero-order valence-electron chi connectivity index (χ0n) is 9.52. The number of furan rings is 1. The zero-order valence-corrected chi connectivity index (χ0v) is 9.52. The highest BCUT2D eigenvalue weighted by atomic mass is 19.1. The second-order valence-electron chi connectivity index (χ2n) is 3.81. The number of nitrogens with two attached hydrogens (primary N) is 1. The van der Waals surface area contributed by atoms with Gasteiger partial charge in [-0.05, 0) is 25.1 Å². The topological polar surface area (TPSA) is 48.4 Å². The van der Waals surface area contributed by atoms with E-state index in [0.29, 0.717) is 11.3 Å². The SMILES string of the molecule is CC(N)c1cccc(F)c1OCc1ccco1. The van der Waals surface area contributed by atoms with Crippen molar-refractivity contribution in [1.29, 1.82) is 0 Å². The zero-order chi connectivity index (χ0) is 12.3. The van der Waals surface area contributed by atoms with E-state index in [-0.39, 0.29) is 18.4 Å². The van der Waals surface area contributed by atoms with Crippen LogP contribution in [0.4, 0.5) is 4.39 Å². The fourth-order valence-electron chi connectivity index (χ4n) is 1.57. The van der Waals surface area contributed by atoms with Crippen molar-refractivity contribution >= 4 is 0 Å². The summed E-state index contributed by atoms with van der Waals surface area (Å²) >= 11 is 0. The van der Waals surface area contributed by atoms with Gasteiger partial charge in [0.1, 0.15) is 12.4 Å². The Morgan fingerprint density at radius 2 is 2.18 bits per heavy atom. The molecule has 0 aliphatic carbocycles. The Kier molecular flexibility index (Phi) is 3.44. The van der Waals surface area contributed by atoms with E-state index < -0.39 is 5.82 Å². The Labute approximate surface area is 99.0 Å². The average Bonchev–Trinajstić information content (AvgIpc) is 2.80. The monoisotopic (exact) mass is 235 g/mol. The maximum atomic E-state index is 13.6. The Morgan fingerprint density at radius 1 is 1.35 bits per heavy atom. The van der Waals surface area contributed by atoms with Gasteiger partial charge >= 0.3 is 0 Å². The molecule has 0 spiro atoms. The summed E-state index contributed by atoms with van der Waals surface area (Å²) in [6.45, 7) is 1.97. The lowest BCUT2D eigenvalue weighted by Gasteiger charge is -2.13. The highest BCUT2D eigenvalue weighted by Gasteiger charge is 2.13. The number of rotatable bonds is 4. The number of ether oxygens (including phenoxy) is 1. The minimum absolute atomic E-state index is 0.188. The molecule has 1 atom stereocenters. The predicted molar refractivity (Wildman–Crippen MR) is 62.0 cm³/mol. The lowest BCUT2D eigenvalue weighted by atomic mass is 10.1. The molecule has 1 aromatic heterocycles. The lowest BCUT2D eigenvalue weighted by Crippen LogP contribution is -2.09. The van der Waals surface area contributed by atoms with Crippen LogP contribution in [0.1, 0.15) is 24.3 Å². The quantitative estimate of drug-likeness (QED) is 0.886. The Morgan fingerprint density at radius 3 is 2.82 bits per heavy atom. The fraction of sp³-hybridized carbons (Fsp3) is 0.231. The molecule has 1 aromatic carbocycles. The third kappa shape index (κ3) is 2.65. The first-order valence-corrected chi connectivity index (χ1v) is 5.37. The van der Waals surface area contributed by atoms with Gasteiger partial charge in [-0.15, -0.1) is 0 Å². The van der Waals surface area contributed by atoms with E-state index >= 15 is 0 Å². The molecule has 0 fully saturated rings. The molecule has 0 amide bonds. The van der Waals surface area contributed by atoms with Crippen LogP contribution in [0.25, 0.3) is 0 Å². The molecule has 4 heteroatoms. The highest BCUT2D eigenvalue weighted by molar-refractivity contribution is 5.37. The van der Waals surface area contributed by atoms with Crippen molar-refractivity contribution in [2.24, 2.45) is 5.73 Å². The number of hydrogen-bond donors (Lipinski definition) is 1. The third-order valence-corrected chi connectivity index (χ3v) is 2.43. The van der Waals surface area contributed by atoms with Crippen molar-refractivity contribution in [3.8, 4) is 5.75 Å². The normalized spacial score (nSPS) is 12.4. The molecule has 0 bridgehead atoms. The van der Waals surface area contributed by atoms with Crippen molar-refractivity contribution < 1.29 is 13.5 Å². The lowest BCUT2D eigenvalue weighted by molar-refractivity contribution is 0.255. The van der Waals surface area contributed by atoms with Crippen LogP contribution in [0, 0.1) is 5.82 Å². The summed E-state index contributed by atoms with van der Waals surface area (Å²) in [6, 6.07) is 7.97. The van der Waals surface area contributed by atoms with Crippen LogP contribution in [0.2, 0.25) is 0 Å². The second-order valence-corrected chi connectivity index (χ2v) is 3.81. The summed E-state index contributed by atoms with van der Waals surface area (Å²) in [7, 11) is 0. The van der Waals surface area contributed by atoms with Crippen LogP contribution in [0.5, 0.6) is 5.75 Å². The van der Waals surface area contributed by atoms with Crippen LogP contribution >= 0.6 is 0 Å². The molecule has 1 unspecified atom stereocenters. The molecule has 0 aliphatic rings. The van der Waals surface area contributed by atoms with Crippen molar-refractivity contribution in [2.45, 2.75) is 19.6 Å². The van der Waals surface area contributed by atoms with Gasteiger partial charge in [0.05, 0.1) is 6.26 Å². The van der Waals surface area contributed by atoms with E-state index in [1.165, 1.54) is 6.07 Å². The van der Waals surface area contributed by atoms with Crippen molar-refractivity contribution in [1.82, 2.24) is 0 Å². The van der Waals surface area contributed by atoms with Gasteiger partial charge in [0.25, 0.3) is 0 Å². The molecule has 3 nitrogen and oxygen atoms in total. The van der Waals surface area contributed by atoms with Crippen LogP contribution in [0.3, 0.4) is 0 Å². The van der Waals surface area contributed by atoms with Gasteiger partial charge in [-0.1, -0.05) is 12.1 Å². The summed E-state index contributed by atoms with van der Waals surface area (Å²) in [6.07, 6.45) is 1.55. The van der Waals surface area contributed by atoms with Gasteiger partial charge in [0.2, 0.25) is 0 Å². The first kappa shape index (κ1) is 11.7. The molecular weight excluding hydrogens is 221 g/mol. The van der Waals surface area contributed by atoms with Crippen molar-refractivity contribution in [3.05, 3.63) is 53.7 Å². The molecule has 2 rings (SSSR count). The number of benzene rings is 1. The largest absolute Gasteiger partial charge is 0.482 e. The number of halogens is 1. The highest BCUT2D eigenvalue weighted by Crippen LogP contribution is 2.27. The molecule has 0 radical (unpaired) electrons. The van der Waals surface area contributed by atoms with Crippen LogP contribution in [-0.2, 0) is 6.61 Å². The van der Waals surface area contributed by atoms with Gasteiger partial charge < -0.3 is 14.9 Å². The Hall–Kier alpha value is -1.81. The first-order chi connectivity index (χ1) is 8.18. The molecule has 2 aromatic rings. The molecule has 1 heterocycles. The van der Waals surface area contributed by atoms with E-state index in [4.69, 9.17) is 14.9 Å². The van der Waals surface area contributed by atoms with Crippen LogP contribution in [0.15, 0.2) is 41.0 Å². The van der Waals surface area contributed by atoms with Gasteiger partial charge in [0, 0.05) is 11.6 Å². The van der Waals surface area contributed by atoms with Crippen LogP contribution in [-0.4, -0.2) is 0 Å². The molecule has 0 saturated carbocycles. The minimum atomic E-state index is -0.411. The summed E-state index contributed by atoms with van der Waals surface area (Å²) < 4.78 is 24.2. The maximum absolute atomic E-state index is 13.6. The summed E-state index contributed by atoms with van der Waals surface area (Å²) in [5.74, 6) is 0.425. The van der Waals surface area contributed by atoms with E-state index in [0.717, 1.165) is 0 Å². The van der Waals surface area contributed by atoms with Gasteiger partial charge in [-0.25, -0.2) is 4.39 Å². The Bertz CT molecular complexity index is 480. The van der Waals surface area contributed by atoms with E-state index in [1.807, 2.05) is 0 Å². The molecule has 0 aliphatic heterocycles. The van der Waals surface area contributed by atoms with E-state index in [1.54, 1.807) is 37.5 Å². The predicted octanol–water partition coefficient (Wildman–Crippen LogP) is 3.02. The molecule has 17 heavy (non-hydrogen) atoms. The molecule has 0 saturated heterocycles. The van der Waals surface area contributed by atoms with Crippen LogP contribution < -0.4 is 10.5 Å². The summed E-state index contributed by atoms with van der Waals surface area (Å²) in [4.78, 5) is 0.